The number of benzene rings is 2. The maximum atomic E-state index is 6.08. The summed E-state index contributed by atoms with van der Waals surface area (Å²) in [4.78, 5) is 0. The molecule has 110 valence electrons. The standard InChI is InChI=1S/C18H20ClNO/c1-12(14-4-3-5-15(19)10-14)20-18-9-7-13-6-8-16(21-2)11-17(13)18/h3-6,8,10-12,18,20H,7,9H2,1-2H3. The third-order valence-electron chi connectivity index (χ3n) is 4.23. The first kappa shape index (κ1) is 14.4. The molecule has 0 amide bonds. The molecule has 1 aliphatic rings. The molecule has 3 heteroatoms. The van der Waals surface area contributed by atoms with Gasteiger partial charge in [-0.25, -0.2) is 0 Å². The molecular formula is C18H20ClNO. The summed E-state index contributed by atoms with van der Waals surface area (Å²) in [5, 5.41) is 4.50. The lowest BCUT2D eigenvalue weighted by atomic mass is 10.0. The van der Waals surface area contributed by atoms with Gasteiger partial charge in [0.25, 0.3) is 0 Å². The van der Waals surface area contributed by atoms with Crippen molar-refractivity contribution >= 4 is 11.6 Å². The van der Waals surface area contributed by atoms with Gasteiger partial charge < -0.3 is 10.1 Å². The van der Waals surface area contributed by atoms with Crippen molar-refractivity contribution in [1.29, 1.82) is 0 Å². The van der Waals surface area contributed by atoms with E-state index in [-0.39, 0.29) is 6.04 Å². The Labute approximate surface area is 131 Å². The molecule has 0 saturated heterocycles. The Morgan fingerprint density at radius 1 is 1.24 bits per heavy atom. The molecule has 2 aromatic carbocycles. The van der Waals surface area contributed by atoms with Crippen LogP contribution < -0.4 is 10.1 Å². The van der Waals surface area contributed by atoms with E-state index in [4.69, 9.17) is 16.3 Å². The Balaban J connectivity index is 1.78. The molecule has 0 spiro atoms. The topological polar surface area (TPSA) is 21.3 Å². The van der Waals surface area contributed by atoms with Crippen molar-refractivity contribution < 1.29 is 4.74 Å². The SMILES string of the molecule is COc1ccc2c(c1)C(NC(C)c1cccc(Cl)c1)CC2. The fraction of sp³-hybridized carbons (Fsp3) is 0.333. The van der Waals surface area contributed by atoms with Crippen LogP contribution in [0.2, 0.25) is 5.02 Å². The van der Waals surface area contributed by atoms with Gasteiger partial charge in [0.1, 0.15) is 5.75 Å². The molecule has 0 fully saturated rings. The van der Waals surface area contributed by atoms with Crippen molar-refractivity contribution in [2.45, 2.75) is 31.8 Å². The number of aryl methyl sites for hydroxylation is 1. The summed E-state index contributed by atoms with van der Waals surface area (Å²) in [6, 6.07) is 15.1. The predicted octanol–water partition coefficient (Wildman–Crippen LogP) is 4.69. The first-order chi connectivity index (χ1) is 10.2. The second-order valence-corrected chi connectivity index (χ2v) is 6.04. The number of hydrogen-bond acceptors (Lipinski definition) is 2. The average Bonchev–Trinajstić information content (AvgIpc) is 2.89. The van der Waals surface area contributed by atoms with Crippen LogP contribution in [0.3, 0.4) is 0 Å². The molecule has 0 aliphatic heterocycles. The molecule has 0 bridgehead atoms. The number of ether oxygens (including phenoxy) is 1. The van der Waals surface area contributed by atoms with Crippen molar-refractivity contribution in [2.75, 3.05) is 7.11 Å². The van der Waals surface area contributed by atoms with Crippen LogP contribution in [0.4, 0.5) is 0 Å². The van der Waals surface area contributed by atoms with E-state index in [1.807, 2.05) is 24.3 Å². The first-order valence-corrected chi connectivity index (χ1v) is 7.73. The maximum Gasteiger partial charge on any atom is 0.119 e. The monoisotopic (exact) mass is 301 g/mol. The van der Waals surface area contributed by atoms with Gasteiger partial charge in [-0.1, -0.05) is 29.8 Å². The van der Waals surface area contributed by atoms with Crippen molar-refractivity contribution in [1.82, 2.24) is 5.32 Å². The van der Waals surface area contributed by atoms with E-state index in [0.29, 0.717) is 6.04 Å². The lowest BCUT2D eigenvalue weighted by Gasteiger charge is -2.21. The summed E-state index contributed by atoms with van der Waals surface area (Å²) >= 11 is 6.08. The molecule has 21 heavy (non-hydrogen) atoms. The molecule has 3 rings (SSSR count). The van der Waals surface area contributed by atoms with Gasteiger partial charge in [-0.3, -0.25) is 0 Å². The maximum absolute atomic E-state index is 6.08. The minimum Gasteiger partial charge on any atom is -0.497 e. The van der Waals surface area contributed by atoms with E-state index >= 15 is 0 Å². The fourth-order valence-electron chi connectivity index (χ4n) is 3.05. The predicted molar refractivity (Wildman–Crippen MR) is 87.1 cm³/mol. The summed E-state index contributed by atoms with van der Waals surface area (Å²) in [5.41, 5.74) is 4.01. The molecule has 1 N–H and O–H groups in total. The molecule has 0 heterocycles. The van der Waals surface area contributed by atoms with Crippen LogP contribution in [0, 0.1) is 0 Å². The van der Waals surface area contributed by atoms with Gasteiger partial charge in [0.2, 0.25) is 0 Å². The van der Waals surface area contributed by atoms with E-state index in [0.717, 1.165) is 23.6 Å². The lowest BCUT2D eigenvalue weighted by Crippen LogP contribution is -2.23. The Hall–Kier alpha value is -1.51. The second-order valence-electron chi connectivity index (χ2n) is 5.60. The van der Waals surface area contributed by atoms with Gasteiger partial charge in [0, 0.05) is 17.1 Å². The number of halogens is 1. The van der Waals surface area contributed by atoms with E-state index in [1.165, 1.54) is 16.7 Å². The van der Waals surface area contributed by atoms with Crippen LogP contribution in [0.1, 0.15) is 42.1 Å². The van der Waals surface area contributed by atoms with Crippen LogP contribution in [0.15, 0.2) is 42.5 Å². The summed E-state index contributed by atoms with van der Waals surface area (Å²) in [6.07, 6.45) is 2.26. The van der Waals surface area contributed by atoms with Crippen molar-refractivity contribution in [3.63, 3.8) is 0 Å². The largest absolute Gasteiger partial charge is 0.497 e. The molecule has 2 nitrogen and oxygen atoms in total. The van der Waals surface area contributed by atoms with Crippen LogP contribution in [0.5, 0.6) is 5.75 Å². The number of methoxy groups -OCH3 is 1. The average molecular weight is 302 g/mol. The molecule has 0 saturated carbocycles. The minimum absolute atomic E-state index is 0.269. The van der Waals surface area contributed by atoms with Crippen molar-refractivity contribution in [3.8, 4) is 5.75 Å². The Bertz CT molecular complexity index is 641. The molecule has 2 unspecified atom stereocenters. The quantitative estimate of drug-likeness (QED) is 0.885. The van der Waals surface area contributed by atoms with E-state index in [9.17, 15) is 0 Å². The summed E-state index contributed by atoms with van der Waals surface area (Å²) in [6.45, 7) is 2.18. The number of nitrogens with one attached hydrogen (secondary N) is 1. The minimum atomic E-state index is 0.269. The highest BCUT2D eigenvalue weighted by molar-refractivity contribution is 6.30. The van der Waals surface area contributed by atoms with Crippen molar-refractivity contribution in [3.05, 3.63) is 64.2 Å². The van der Waals surface area contributed by atoms with E-state index in [2.05, 4.69) is 30.4 Å². The van der Waals surface area contributed by atoms with Crippen LogP contribution >= 0.6 is 11.6 Å². The Morgan fingerprint density at radius 3 is 2.86 bits per heavy atom. The van der Waals surface area contributed by atoms with E-state index in [1.54, 1.807) is 7.11 Å². The van der Waals surface area contributed by atoms with Gasteiger partial charge in [-0.15, -0.1) is 0 Å². The summed E-state index contributed by atoms with van der Waals surface area (Å²) in [5.74, 6) is 0.929. The molecule has 2 atom stereocenters. The molecule has 0 aromatic heterocycles. The molecule has 2 aromatic rings. The van der Waals surface area contributed by atoms with Gasteiger partial charge in [0.15, 0.2) is 0 Å². The lowest BCUT2D eigenvalue weighted by molar-refractivity contribution is 0.412. The van der Waals surface area contributed by atoms with Crippen LogP contribution in [-0.2, 0) is 6.42 Å². The highest BCUT2D eigenvalue weighted by Gasteiger charge is 2.24. The van der Waals surface area contributed by atoms with Crippen LogP contribution in [-0.4, -0.2) is 7.11 Å². The third-order valence-corrected chi connectivity index (χ3v) is 4.47. The molecule has 0 radical (unpaired) electrons. The molecule has 1 aliphatic carbocycles. The van der Waals surface area contributed by atoms with Gasteiger partial charge >= 0.3 is 0 Å². The van der Waals surface area contributed by atoms with Gasteiger partial charge in [-0.2, -0.15) is 0 Å². The highest BCUT2D eigenvalue weighted by atomic mass is 35.5. The second kappa shape index (κ2) is 6.08. The van der Waals surface area contributed by atoms with Crippen LogP contribution in [0.25, 0.3) is 0 Å². The third kappa shape index (κ3) is 3.07. The first-order valence-electron chi connectivity index (χ1n) is 7.35. The number of hydrogen-bond donors (Lipinski definition) is 1. The van der Waals surface area contributed by atoms with Crippen molar-refractivity contribution in [2.24, 2.45) is 0 Å². The zero-order valence-corrected chi connectivity index (χ0v) is 13.2. The van der Waals surface area contributed by atoms with Gasteiger partial charge in [0.05, 0.1) is 7.11 Å². The highest BCUT2D eigenvalue weighted by Crippen LogP contribution is 2.35. The zero-order chi connectivity index (χ0) is 14.8. The fourth-order valence-corrected chi connectivity index (χ4v) is 3.25. The zero-order valence-electron chi connectivity index (χ0n) is 12.4. The summed E-state index contributed by atoms with van der Waals surface area (Å²) < 4.78 is 5.35. The Kier molecular flexibility index (Phi) is 4.18. The Morgan fingerprint density at radius 2 is 2.10 bits per heavy atom. The number of rotatable bonds is 4. The normalized spacial score (nSPS) is 18.3. The summed E-state index contributed by atoms with van der Waals surface area (Å²) in [7, 11) is 1.72. The van der Waals surface area contributed by atoms with Gasteiger partial charge in [-0.05, 0) is 60.7 Å². The van der Waals surface area contributed by atoms with E-state index < -0.39 is 0 Å². The smallest absolute Gasteiger partial charge is 0.119 e. The number of fused-ring (bicyclic) bond motifs is 1. The molecular weight excluding hydrogens is 282 g/mol.